The molecule has 2 bridgehead atoms. The Morgan fingerprint density at radius 1 is 1.42 bits per heavy atom. The van der Waals surface area contributed by atoms with E-state index in [9.17, 15) is 4.79 Å². The molecular weight excluding hydrogens is 178 g/mol. The zero-order valence-electron chi connectivity index (χ0n) is 6.83. The number of halogens is 1. The molecule has 0 aromatic heterocycles. The number of fused-ring (bicyclic) bond motifs is 3. The lowest BCUT2D eigenvalue weighted by molar-refractivity contribution is -0.0255. The van der Waals surface area contributed by atoms with Gasteiger partial charge in [0.05, 0.1) is 0 Å². The number of carbonyl (C=O) groups excluding carboxylic acids is 1. The average Bonchev–Trinajstić information content (AvgIpc) is 2.05. The molecule has 3 nitrogen and oxygen atoms in total. The van der Waals surface area contributed by atoms with Crippen LogP contribution in [0.4, 0.5) is 4.79 Å². The van der Waals surface area contributed by atoms with Crippen LogP contribution in [-0.2, 0) is 4.74 Å². The Morgan fingerprint density at radius 2 is 2.08 bits per heavy atom. The molecule has 4 heteroatoms. The highest BCUT2D eigenvalue weighted by Crippen LogP contribution is 2.29. The van der Waals surface area contributed by atoms with Crippen LogP contribution in [0.2, 0.25) is 0 Å². The lowest BCUT2D eigenvalue weighted by Crippen LogP contribution is -2.51. The van der Waals surface area contributed by atoms with E-state index in [1.807, 2.05) is 0 Å². The van der Waals surface area contributed by atoms with E-state index in [0.29, 0.717) is 5.92 Å². The SMILES string of the molecule is O=C(Cl)OC1CN2CCC1CC2. The third-order valence-corrected chi connectivity index (χ3v) is 2.93. The normalized spacial score (nSPS) is 39.6. The van der Waals surface area contributed by atoms with E-state index >= 15 is 0 Å². The second kappa shape index (κ2) is 3.23. The minimum absolute atomic E-state index is 0.0532. The molecule has 0 spiro atoms. The molecule has 0 aromatic rings. The summed E-state index contributed by atoms with van der Waals surface area (Å²) in [4.78, 5) is 12.8. The van der Waals surface area contributed by atoms with Crippen LogP contribution in [0.15, 0.2) is 0 Å². The van der Waals surface area contributed by atoms with Gasteiger partial charge in [-0.1, -0.05) is 0 Å². The molecule has 1 atom stereocenters. The maximum absolute atomic E-state index is 10.5. The Hall–Kier alpha value is -0.280. The first-order valence-corrected chi connectivity index (χ1v) is 4.72. The lowest BCUT2D eigenvalue weighted by atomic mass is 9.86. The minimum atomic E-state index is -0.659. The topological polar surface area (TPSA) is 29.5 Å². The second-order valence-electron chi connectivity index (χ2n) is 3.53. The van der Waals surface area contributed by atoms with Gasteiger partial charge in [0.2, 0.25) is 0 Å². The largest absolute Gasteiger partial charge is 0.449 e. The summed E-state index contributed by atoms with van der Waals surface area (Å²) in [5.41, 5.74) is -0.659. The predicted octanol–water partition coefficient (Wildman–Crippen LogP) is 1.46. The molecule has 3 aliphatic rings. The first-order valence-electron chi connectivity index (χ1n) is 4.34. The fraction of sp³-hybridized carbons (Fsp3) is 0.875. The first kappa shape index (κ1) is 8.32. The van der Waals surface area contributed by atoms with Crippen molar-refractivity contribution in [3.8, 4) is 0 Å². The zero-order chi connectivity index (χ0) is 8.55. The molecule has 12 heavy (non-hydrogen) atoms. The smallest absolute Gasteiger partial charge is 0.404 e. The van der Waals surface area contributed by atoms with Crippen molar-refractivity contribution in [2.24, 2.45) is 5.92 Å². The Morgan fingerprint density at radius 3 is 2.50 bits per heavy atom. The predicted molar refractivity (Wildman–Crippen MR) is 45.3 cm³/mol. The third-order valence-electron chi connectivity index (χ3n) is 2.84. The van der Waals surface area contributed by atoms with Crippen LogP contribution >= 0.6 is 11.6 Å². The maximum Gasteiger partial charge on any atom is 0.404 e. The van der Waals surface area contributed by atoms with Gasteiger partial charge < -0.3 is 4.74 Å². The minimum Gasteiger partial charge on any atom is -0.449 e. The van der Waals surface area contributed by atoms with Gasteiger partial charge in [0.15, 0.2) is 0 Å². The summed E-state index contributed by atoms with van der Waals surface area (Å²) in [6.07, 6.45) is 2.35. The molecule has 0 N–H and O–H groups in total. The number of piperidine rings is 3. The van der Waals surface area contributed by atoms with Gasteiger partial charge in [-0.15, -0.1) is 0 Å². The van der Waals surface area contributed by atoms with E-state index < -0.39 is 5.43 Å². The Balaban J connectivity index is 1.95. The van der Waals surface area contributed by atoms with Crippen molar-refractivity contribution in [2.45, 2.75) is 18.9 Å². The fourth-order valence-corrected chi connectivity index (χ4v) is 2.28. The fourth-order valence-electron chi connectivity index (χ4n) is 2.16. The molecule has 3 aliphatic heterocycles. The van der Waals surface area contributed by atoms with Gasteiger partial charge in [-0.2, -0.15) is 0 Å². The number of nitrogens with zero attached hydrogens (tertiary/aromatic N) is 1. The molecule has 0 aliphatic carbocycles. The van der Waals surface area contributed by atoms with Crippen molar-refractivity contribution >= 4 is 17.0 Å². The Labute approximate surface area is 76.6 Å². The third kappa shape index (κ3) is 1.57. The summed E-state index contributed by atoms with van der Waals surface area (Å²) in [6.45, 7) is 3.19. The molecule has 1 unspecified atom stereocenters. The number of rotatable bonds is 1. The van der Waals surface area contributed by atoms with Gasteiger partial charge in [0, 0.05) is 18.1 Å². The van der Waals surface area contributed by atoms with Crippen LogP contribution in [0.5, 0.6) is 0 Å². The summed E-state index contributed by atoms with van der Waals surface area (Å²) in [7, 11) is 0. The quantitative estimate of drug-likeness (QED) is 0.585. The van der Waals surface area contributed by atoms with E-state index in [1.165, 1.54) is 0 Å². The molecular formula is C8H12ClNO2. The second-order valence-corrected chi connectivity index (χ2v) is 3.84. The van der Waals surface area contributed by atoms with Crippen molar-refractivity contribution in [3.63, 3.8) is 0 Å². The van der Waals surface area contributed by atoms with E-state index in [1.54, 1.807) is 0 Å². The maximum atomic E-state index is 10.5. The van der Waals surface area contributed by atoms with Crippen LogP contribution in [0, 0.1) is 5.92 Å². The zero-order valence-corrected chi connectivity index (χ0v) is 7.59. The number of hydrogen-bond donors (Lipinski definition) is 0. The highest BCUT2D eigenvalue weighted by atomic mass is 35.5. The van der Waals surface area contributed by atoms with Gasteiger partial charge in [-0.3, -0.25) is 4.90 Å². The molecule has 68 valence electrons. The van der Waals surface area contributed by atoms with Crippen LogP contribution in [0.25, 0.3) is 0 Å². The molecule has 3 heterocycles. The van der Waals surface area contributed by atoms with Gasteiger partial charge in [-0.25, -0.2) is 4.79 Å². The summed E-state index contributed by atoms with van der Waals surface area (Å²) < 4.78 is 5.01. The van der Waals surface area contributed by atoms with Crippen molar-refractivity contribution in [3.05, 3.63) is 0 Å². The van der Waals surface area contributed by atoms with Crippen molar-refractivity contribution < 1.29 is 9.53 Å². The molecule has 0 radical (unpaired) electrons. The van der Waals surface area contributed by atoms with Gasteiger partial charge >= 0.3 is 5.43 Å². The number of ether oxygens (including phenoxy) is 1. The average molecular weight is 190 g/mol. The van der Waals surface area contributed by atoms with Crippen LogP contribution in [0.1, 0.15) is 12.8 Å². The lowest BCUT2D eigenvalue weighted by Gasteiger charge is -2.43. The van der Waals surface area contributed by atoms with E-state index in [2.05, 4.69) is 4.90 Å². The summed E-state index contributed by atoms with van der Waals surface area (Å²) in [6, 6.07) is 0. The van der Waals surface area contributed by atoms with E-state index in [4.69, 9.17) is 16.3 Å². The molecule has 3 saturated heterocycles. The highest BCUT2D eigenvalue weighted by Gasteiger charge is 2.36. The van der Waals surface area contributed by atoms with Gasteiger partial charge in [0.1, 0.15) is 6.10 Å². The number of carbonyl (C=O) groups is 1. The van der Waals surface area contributed by atoms with Crippen LogP contribution in [0.3, 0.4) is 0 Å². The van der Waals surface area contributed by atoms with Crippen molar-refractivity contribution in [1.29, 1.82) is 0 Å². The van der Waals surface area contributed by atoms with Crippen molar-refractivity contribution in [1.82, 2.24) is 4.90 Å². The number of hydrogen-bond acceptors (Lipinski definition) is 3. The highest BCUT2D eigenvalue weighted by molar-refractivity contribution is 6.61. The standard InChI is InChI=1S/C8H12ClNO2/c9-8(11)12-7-5-10-3-1-6(7)2-4-10/h6-7H,1-5H2. The van der Waals surface area contributed by atoms with Crippen LogP contribution < -0.4 is 0 Å². The Kier molecular flexibility index (Phi) is 2.24. The summed E-state index contributed by atoms with van der Waals surface area (Å²) in [5.74, 6) is 0.553. The monoisotopic (exact) mass is 189 g/mol. The summed E-state index contributed by atoms with van der Waals surface area (Å²) in [5, 5.41) is 0. The first-order chi connectivity index (χ1) is 5.75. The molecule has 0 amide bonds. The molecule has 3 fully saturated rings. The summed E-state index contributed by atoms with van der Waals surface area (Å²) >= 11 is 5.17. The molecule has 3 rings (SSSR count). The Bertz CT molecular complexity index is 189. The molecule has 0 aromatic carbocycles. The van der Waals surface area contributed by atoms with Gasteiger partial charge in [0.25, 0.3) is 0 Å². The van der Waals surface area contributed by atoms with E-state index in [0.717, 1.165) is 32.5 Å². The molecule has 0 saturated carbocycles. The van der Waals surface area contributed by atoms with Gasteiger partial charge in [-0.05, 0) is 31.8 Å². The van der Waals surface area contributed by atoms with E-state index in [-0.39, 0.29) is 6.10 Å². The van der Waals surface area contributed by atoms with Crippen molar-refractivity contribution in [2.75, 3.05) is 19.6 Å². The van der Waals surface area contributed by atoms with Crippen LogP contribution in [-0.4, -0.2) is 36.1 Å².